The summed E-state index contributed by atoms with van der Waals surface area (Å²) in [7, 11) is 0. The predicted molar refractivity (Wildman–Crippen MR) is 78.8 cm³/mol. The molecule has 0 saturated carbocycles. The largest absolute Gasteiger partial charge is 0.343 e. The fraction of sp³-hybridized carbons (Fsp3) is 0.500. The lowest BCUT2D eigenvalue weighted by atomic mass is 9.96. The molecule has 0 bridgehead atoms. The molecule has 0 unspecified atom stereocenters. The van der Waals surface area contributed by atoms with E-state index in [1.165, 1.54) is 23.2 Å². The number of nitrogens with zero attached hydrogens (tertiary/aromatic N) is 4. The lowest BCUT2D eigenvalue weighted by molar-refractivity contribution is -0.132. The molecule has 1 saturated heterocycles. The Hall–Kier alpha value is -2.71. The van der Waals surface area contributed by atoms with Crippen molar-refractivity contribution in [2.45, 2.75) is 31.7 Å². The number of H-pyrrole nitrogens is 1. The van der Waals surface area contributed by atoms with Crippen LogP contribution in [0.25, 0.3) is 0 Å². The van der Waals surface area contributed by atoms with Gasteiger partial charge in [-0.05, 0) is 12.8 Å². The average Bonchev–Trinajstić information content (AvgIpc) is 3.08. The van der Waals surface area contributed by atoms with E-state index in [4.69, 9.17) is 4.52 Å². The summed E-state index contributed by atoms with van der Waals surface area (Å²) in [5.41, 5.74) is -0.942. The topological polar surface area (TPSA) is 114 Å². The number of aromatic nitrogens is 4. The molecule has 1 amide bonds. The maximum absolute atomic E-state index is 12.2. The molecule has 0 radical (unpaired) electrons. The molecular formula is C14H17N5O4. The van der Waals surface area contributed by atoms with Crippen LogP contribution in [0.4, 0.5) is 0 Å². The summed E-state index contributed by atoms with van der Waals surface area (Å²) in [6, 6.07) is 1.27. The zero-order valence-corrected chi connectivity index (χ0v) is 12.5. The molecule has 3 heterocycles. The highest BCUT2D eigenvalue weighted by atomic mass is 16.5. The molecule has 9 heteroatoms. The summed E-state index contributed by atoms with van der Waals surface area (Å²) < 4.78 is 6.07. The van der Waals surface area contributed by atoms with Gasteiger partial charge in [-0.15, -0.1) is 0 Å². The quantitative estimate of drug-likeness (QED) is 0.828. The maximum Gasteiger partial charge on any atom is 0.328 e. The van der Waals surface area contributed by atoms with Gasteiger partial charge in [-0.25, -0.2) is 4.79 Å². The normalized spacial score (nSPS) is 15.7. The SMILES string of the molecule is O=C(CCn1ccc(=O)[nH]c1=O)N1CCC(c2ncon2)CC1. The van der Waals surface area contributed by atoms with Crippen LogP contribution in [0.1, 0.15) is 31.0 Å². The number of carbonyl (C=O) groups is 1. The molecule has 1 fully saturated rings. The van der Waals surface area contributed by atoms with Crippen LogP contribution < -0.4 is 11.2 Å². The minimum Gasteiger partial charge on any atom is -0.343 e. The second-order valence-corrected chi connectivity index (χ2v) is 5.50. The molecule has 2 aromatic heterocycles. The number of hydrogen-bond donors (Lipinski definition) is 1. The van der Waals surface area contributed by atoms with Crippen LogP contribution in [0.15, 0.2) is 32.8 Å². The first-order valence-electron chi connectivity index (χ1n) is 7.47. The van der Waals surface area contributed by atoms with E-state index in [1.54, 1.807) is 4.90 Å². The van der Waals surface area contributed by atoms with Gasteiger partial charge in [0.2, 0.25) is 12.3 Å². The number of aromatic amines is 1. The highest BCUT2D eigenvalue weighted by Gasteiger charge is 2.25. The molecule has 1 aliphatic rings. The summed E-state index contributed by atoms with van der Waals surface area (Å²) in [4.78, 5) is 42.8. The van der Waals surface area contributed by atoms with Crippen molar-refractivity contribution < 1.29 is 9.32 Å². The Morgan fingerprint density at radius 1 is 1.35 bits per heavy atom. The summed E-state index contributed by atoms with van der Waals surface area (Å²) in [5.74, 6) is 0.908. The van der Waals surface area contributed by atoms with E-state index >= 15 is 0 Å². The molecule has 1 N–H and O–H groups in total. The van der Waals surface area contributed by atoms with Gasteiger partial charge in [0.05, 0.1) is 0 Å². The Morgan fingerprint density at radius 2 is 2.13 bits per heavy atom. The monoisotopic (exact) mass is 319 g/mol. The van der Waals surface area contributed by atoms with Crippen LogP contribution in [0.3, 0.4) is 0 Å². The third-order valence-corrected chi connectivity index (χ3v) is 4.05. The minimum atomic E-state index is -0.499. The molecule has 0 aromatic carbocycles. The van der Waals surface area contributed by atoms with Gasteiger partial charge in [0, 0.05) is 44.2 Å². The van der Waals surface area contributed by atoms with E-state index in [-0.39, 0.29) is 24.8 Å². The van der Waals surface area contributed by atoms with Crippen molar-refractivity contribution in [3.63, 3.8) is 0 Å². The van der Waals surface area contributed by atoms with Crippen LogP contribution >= 0.6 is 0 Å². The number of amides is 1. The Kier molecular flexibility index (Phi) is 4.35. The fourth-order valence-corrected chi connectivity index (χ4v) is 2.74. The number of carbonyl (C=O) groups excluding carboxylic acids is 1. The standard InChI is InChI=1S/C14H17N5O4/c20-11-3-7-19(14(22)16-11)8-4-12(21)18-5-1-10(2-6-18)13-15-9-23-17-13/h3,7,9-10H,1-2,4-6,8H2,(H,16,20,22). The average molecular weight is 319 g/mol. The van der Waals surface area contributed by atoms with Crippen molar-refractivity contribution in [1.82, 2.24) is 24.6 Å². The number of aryl methyl sites for hydroxylation is 1. The first kappa shape index (κ1) is 15.2. The van der Waals surface area contributed by atoms with Gasteiger partial charge in [0.25, 0.3) is 5.56 Å². The molecule has 3 rings (SSSR count). The molecule has 1 aliphatic heterocycles. The van der Waals surface area contributed by atoms with Crippen LogP contribution in [-0.2, 0) is 11.3 Å². The molecule has 23 heavy (non-hydrogen) atoms. The van der Waals surface area contributed by atoms with Gasteiger partial charge >= 0.3 is 5.69 Å². The van der Waals surface area contributed by atoms with Gasteiger partial charge in [-0.1, -0.05) is 5.16 Å². The lowest BCUT2D eigenvalue weighted by Crippen LogP contribution is -2.39. The Morgan fingerprint density at radius 3 is 2.78 bits per heavy atom. The van der Waals surface area contributed by atoms with Crippen molar-refractivity contribution in [3.05, 3.63) is 45.3 Å². The summed E-state index contributed by atoms with van der Waals surface area (Å²) in [5, 5.41) is 3.85. The summed E-state index contributed by atoms with van der Waals surface area (Å²) in [6.07, 6.45) is 4.53. The Labute approximate surface area is 130 Å². The number of nitrogens with one attached hydrogen (secondary N) is 1. The van der Waals surface area contributed by atoms with Crippen LogP contribution in [-0.4, -0.2) is 43.6 Å². The van der Waals surface area contributed by atoms with E-state index in [9.17, 15) is 14.4 Å². The first-order valence-corrected chi connectivity index (χ1v) is 7.47. The van der Waals surface area contributed by atoms with Crippen LogP contribution in [0, 0.1) is 0 Å². The highest BCUT2D eigenvalue weighted by Crippen LogP contribution is 2.25. The van der Waals surface area contributed by atoms with E-state index in [0.717, 1.165) is 12.8 Å². The smallest absolute Gasteiger partial charge is 0.328 e. The Bertz CT molecular complexity index is 771. The summed E-state index contributed by atoms with van der Waals surface area (Å²) in [6.45, 7) is 1.52. The first-order chi connectivity index (χ1) is 11.1. The van der Waals surface area contributed by atoms with Gasteiger partial charge in [0.15, 0.2) is 5.82 Å². The summed E-state index contributed by atoms with van der Waals surface area (Å²) >= 11 is 0. The van der Waals surface area contributed by atoms with Gasteiger partial charge in [0.1, 0.15) is 0 Å². The van der Waals surface area contributed by atoms with Gasteiger partial charge in [-0.2, -0.15) is 4.98 Å². The van der Waals surface area contributed by atoms with Crippen molar-refractivity contribution in [2.24, 2.45) is 0 Å². The minimum absolute atomic E-state index is 0.00494. The molecule has 122 valence electrons. The van der Waals surface area contributed by atoms with Crippen molar-refractivity contribution in [2.75, 3.05) is 13.1 Å². The lowest BCUT2D eigenvalue weighted by Gasteiger charge is -2.30. The van der Waals surface area contributed by atoms with E-state index < -0.39 is 11.2 Å². The van der Waals surface area contributed by atoms with Crippen LogP contribution in [0.2, 0.25) is 0 Å². The number of hydrogen-bond acceptors (Lipinski definition) is 6. The zero-order chi connectivity index (χ0) is 16.2. The number of likely N-dealkylation sites (tertiary alicyclic amines) is 1. The molecule has 2 aromatic rings. The van der Waals surface area contributed by atoms with Gasteiger partial charge in [-0.3, -0.25) is 14.6 Å². The second kappa shape index (κ2) is 6.59. The number of rotatable bonds is 4. The van der Waals surface area contributed by atoms with E-state index in [0.29, 0.717) is 18.9 Å². The molecule has 0 atom stereocenters. The highest BCUT2D eigenvalue weighted by molar-refractivity contribution is 5.76. The fourth-order valence-electron chi connectivity index (χ4n) is 2.74. The number of piperidine rings is 1. The molecule has 9 nitrogen and oxygen atoms in total. The van der Waals surface area contributed by atoms with E-state index in [2.05, 4.69) is 15.1 Å². The van der Waals surface area contributed by atoms with Crippen molar-refractivity contribution in [1.29, 1.82) is 0 Å². The molecule has 0 aliphatic carbocycles. The van der Waals surface area contributed by atoms with Crippen molar-refractivity contribution in [3.8, 4) is 0 Å². The van der Waals surface area contributed by atoms with Gasteiger partial charge < -0.3 is 14.0 Å². The zero-order valence-electron chi connectivity index (χ0n) is 12.5. The van der Waals surface area contributed by atoms with E-state index in [1.807, 2.05) is 0 Å². The Balaban J connectivity index is 1.51. The third-order valence-electron chi connectivity index (χ3n) is 4.05. The predicted octanol–water partition coefficient (Wildman–Crippen LogP) is -0.284. The third kappa shape index (κ3) is 3.55. The molecular weight excluding hydrogens is 302 g/mol. The van der Waals surface area contributed by atoms with Crippen molar-refractivity contribution >= 4 is 5.91 Å². The van der Waals surface area contributed by atoms with Crippen LogP contribution in [0.5, 0.6) is 0 Å². The maximum atomic E-state index is 12.2. The molecule has 0 spiro atoms. The second-order valence-electron chi connectivity index (χ2n) is 5.50.